The molecule has 60 heavy (non-hydrogen) atoms. The van der Waals surface area contributed by atoms with Crippen LogP contribution in [0.15, 0.2) is 216 Å². The van der Waals surface area contributed by atoms with E-state index in [0.29, 0.717) is 0 Å². The van der Waals surface area contributed by atoms with Gasteiger partial charge in [-0.25, -0.2) is 4.99 Å². The maximum absolute atomic E-state index is 5.35. The quantitative estimate of drug-likeness (QED) is 0.104. The molecule has 4 aliphatic rings. The fourth-order valence-corrected chi connectivity index (χ4v) is 9.02. The Morgan fingerprint density at radius 1 is 0.550 bits per heavy atom. The highest BCUT2D eigenvalue weighted by Crippen LogP contribution is 2.37. The van der Waals surface area contributed by atoms with Gasteiger partial charge < -0.3 is 21.3 Å². The first-order chi connectivity index (χ1) is 29.7. The van der Waals surface area contributed by atoms with Gasteiger partial charge in [-0.3, -0.25) is 5.32 Å². The average molecular weight is 777 g/mol. The lowest BCUT2D eigenvalue weighted by Crippen LogP contribution is -2.44. The summed E-state index contributed by atoms with van der Waals surface area (Å²) in [7, 11) is 0. The molecule has 7 aromatic carbocycles. The van der Waals surface area contributed by atoms with Crippen LogP contribution in [0.2, 0.25) is 0 Å². The standard InChI is InChI=1S/C54H44N6/c1-3-12-40(13-4-1)52-58-53(41-14-5-2-6-15-41)60-54(59-52)44-32-42(35-20-24-38(25-21-35)46-18-9-16-37-11-7-8-17-45(37)46)31-43(33-44)36-22-26-39(27-23-36)50-47-28-30-55-34-48(47)51-49(57-50)19-10-29-56-51/h1-28,30-33,49,52,54-57,59H,29,34H2,(H,58,60). The van der Waals surface area contributed by atoms with Crippen molar-refractivity contribution < 1.29 is 0 Å². The van der Waals surface area contributed by atoms with Gasteiger partial charge in [0.25, 0.3) is 0 Å². The Morgan fingerprint density at radius 2 is 1.23 bits per heavy atom. The Labute approximate surface area is 350 Å². The molecule has 0 aliphatic carbocycles. The number of allylic oxidation sites excluding steroid dienone is 1. The molecule has 0 aromatic heterocycles. The van der Waals surface area contributed by atoms with Gasteiger partial charge in [0.15, 0.2) is 0 Å². The molecule has 11 rings (SSSR count). The van der Waals surface area contributed by atoms with E-state index in [2.05, 4.69) is 215 Å². The summed E-state index contributed by atoms with van der Waals surface area (Å²) in [5, 5.41) is 20.9. The van der Waals surface area contributed by atoms with E-state index in [-0.39, 0.29) is 18.4 Å². The third kappa shape index (κ3) is 6.77. The summed E-state index contributed by atoms with van der Waals surface area (Å²) in [5.74, 6) is 0.866. The van der Waals surface area contributed by atoms with E-state index >= 15 is 0 Å². The smallest absolute Gasteiger partial charge is 0.131 e. The molecule has 7 aromatic rings. The molecule has 290 valence electrons. The SMILES string of the molecule is C1=CC2NC(c3ccc(-c4cc(-c5ccc(-c6cccc7ccccc67)cc5)cc(C5N=C(c6ccccc6)NC(c6ccccc6)N5)c4)cc3)=C3C=CNCC3=C2NC1. The van der Waals surface area contributed by atoms with E-state index in [1.165, 1.54) is 44.3 Å². The number of nitrogens with zero attached hydrogens (tertiary/aromatic N) is 1. The predicted octanol–water partition coefficient (Wildman–Crippen LogP) is 10.4. The number of rotatable bonds is 7. The average Bonchev–Trinajstić information content (AvgIpc) is 3.34. The monoisotopic (exact) mass is 776 g/mol. The molecule has 4 heterocycles. The lowest BCUT2D eigenvalue weighted by Gasteiger charge is -2.35. The van der Waals surface area contributed by atoms with Crippen LogP contribution < -0.4 is 26.6 Å². The van der Waals surface area contributed by atoms with E-state index in [4.69, 9.17) is 4.99 Å². The van der Waals surface area contributed by atoms with Gasteiger partial charge in [0.05, 0.1) is 6.04 Å². The van der Waals surface area contributed by atoms with Crippen LogP contribution in [0.4, 0.5) is 0 Å². The van der Waals surface area contributed by atoms with Crippen molar-refractivity contribution in [2.45, 2.75) is 18.4 Å². The second-order valence-corrected chi connectivity index (χ2v) is 15.8. The zero-order valence-electron chi connectivity index (χ0n) is 33.1. The topological polar surface area (TPSA) is 72.5 Å². The van der Waals surface area contributed by atoms with Gasteiger partial charge in [0, 0.05) is 41.2 Å². The van der Waals surface area contributed by atoms with Crippen LogP contribution in [-0.2, 0) is 0 Å². The molecule has 0 amide bonds. The molecule has 6 heteroatoms. The summed E-state index contributed by atoms with van der Waals surface area (Å²) in [6.07, 6.45) is 8.28. The number of fused-ring (bicyclic) bond motifs is 3. The van der Waals surface area contributed by atoms with Crippen molar-refractivity contribution in [1.29, 1.82) is 0 Å². The van der Waals surface area contributed by atoms with Crippen LogP contribution in [0, 0.1) is 0 Å². The summed E-state index contributed by atoms with van der Waals surface area (Å²) in [5.41, 5.74) is 16.5. The van der Waals surface area contributed by atoms with Gasteiger partial charge in [-0.1, -0.05) is 164 Å². The Morgan fingerprint density at radius 3 is 2.02 bits per heavy atom. The van der Waals surface area contributed by atoms with Gasteiger partial charge >= 0.3 is 0 Å². The number of hydrogen-bond donors (Lipinski definition) is 5. The van der Waals surface area contributed by atoms with Gasteiger partial charge in [-0.15, -0.1) is 0 Å². The van der Waals surface area contributed by atoms with Gasteiger partial charge in [0.2, 0.25) is 0 Å². The molecule has 0 saturated heterocycles. The van der Waals surface area contributed by atoms with Crippen LogP contribution in [0.5, 0.6) is 0 Å². The highest BCUT2D eigenvalue weighted by atomic mass is 15.3. The van der Waals surface area contributed by atoms with Gasteiger partial charge in [-0.2, -0.15) is 0 Å². The largest absolute Gasteiger partial charge is 0.387 e. The second-order valence-electron chi connectivity index (χ2n) is 15.8. The Balaban J connectivity index is 1.01. The molecular formula is C54H44N6. The minimum Gasteiger partial charge on any atom is -0.387 e. The highest BCUT2D eigenvalue weighted by Gasteiger charge is 2.30. The molecule has 0 fully saturated rings. The normalized spacial score (nSPS) is 19.3. The van der Waals surface area contributed by atoms with Crippen molar-refractivity contribution in [1.82, 2.24) is 26.6 Å². The zero-order valence-corrected chi connectivity index (χ0v) is 33.1. The molecule has 5 N–H and O–H groups in total. The van der Waals surface area contributed by atoms with Crippen LogP contribution in [0.3, 0.4) is 0 Å². The van der Waals surface area contributed by atoms with Crippen molar-refractivity contribution >= 4 is 22.3 Å². The van der Waals surface area contributed by atoms with Crippen molar-refractivity contribution in [2.24, 2.45) is 4.99 Å². The number of benzene rings is 7. The summed E-state index contributed by atoms with van der Waals surface area (Å²) >= 11 is 0. The van der Waals surface area contributed by atoms with E-state index in [9.17, 15) is 0 Å². The predicted molar refractivity (Wildman–Crippen MR) is 247 cm³/mol. The summed E-state index contributed by atoms with van der Waals surface area (Å²) in [6.45, 7) is 1.66. The molecule has 6 nitrogen and oxygen atoms in total. The lowest BCUT2D eigenvalue weighted by atomic mass is 9.88. The molecule has 3 unspecified atom stereocenters. The fraction of sp³-hybridized carbons (Fsp3) is 0.0926. The van der Waals surface area contributed by atoms with E-state index in [1.54, 1.807) is 0 Å². The van der Waals surface area contributed by atoms with Crippen molar-refractivity contribution in [3.05, 3.63) is 233 Å². The summed E-state index contributed by atoms with van der Waals surface area (Å²) in [4.78, 5) is 5.35. The summed E-state index contributed by atoms with van der Waals surface area (Å²) < 4.78 is 0. The van der Waals surface area contributed by atoms with Crippen molar-refractivity contribution in [2.75, 3.05) is 13.1 Å². The van der Waals surface area contributed by atoms with Gasteiger partial charge in [0.1, 0.15) is 18.2 Å². The number of amidine groups is 1. The molecule has 3 atom stereocenters. The Hall–Kier alpha value is -7.41. The van der Waals surface area contributed by atoms with Crippen LogP contribution >= 0.6 is 0 Å². The van der Waals surface area contributed by atoms with Crippen LogP contribution in [0.1, 0.15) is 34.6 Å². The number of nitrogens with one attached hydrogen (secondary N) is 5. The summed E-state index contributed by atoms with van der Waals surface area (Å²) in [6, 6.07) is 61.3. The first kappa shape index (κ1) is 35.7. The van der Waals surface area contributed by atoms with Crippen LogP contribution in [0.25, 0.3) is 49.9 Å². The van der Waals surface area contributed by atoms with E-state index in [1.807, 2.05) is 6.07 Å². The fourth-order valence-electron chi connectivity index (χ4n) is 9.02. The number of hydrogen-bond acceptors (Lipinski definition) is 6. The minimum absolute atomic E-state index is 0.130. The highest BCUT2D eigenvalue weighted by molar-refractivity contribution is 6.00. The molecule has 0 radical (unpaired) electrons. The Bertz CT molecular complexity index is 2880. The van der Waals surface area contributed by atoms with Crippen LogP contribution in [-0.4, -0.2) is 25.0 Å². The molecule has 0 spiro atoms. The first-order valence-corrected chi connectivity index (χ1v) is 20.8. The second kappa shape index (κ2) is 15.4. The van der Waals surface area contributed by atoms with Gasteiger partial charge in [-0.05, 0) is 91.3 Å². The molecular weight excluding hydrogens is 733 g/mol. The minimum atomic E-state index is -0.304. The molecule has 4 aliphatic heterocycles. The van der Waals surface area contributed by atoms with E-state index in [0.717, 1.165) is 63.6 Å². The number of aliphatic imine (C=N–C) groups is 1. The lowest BCUT2D eigenvalue weighted by molar-refractivity contribution is 0.409. The third-order valence-corrected chi connectivity index (χ3v) is 12.1. The maximum atomic E-state index is 5.35. The first-order valence-electron chi connectivity index (χ1n) is 20.8. The third-order valence-electron chi connectivity index (χ3n) is 12.1. The van der Waals surface area contributed by atoms with Crippen molar-refractivity contribution in [3.63, 3.8) is 0 Å². The van der Waals surface area contributed by atoms with Crippen molar-refractivity contribution in [3.8, 4) is 33.4 Å². The zero-order chi connectivity index (χ0) is 39.8. The molecule has 0 bridgehead atoms. The van der Waals surface area contributed by atoms with E-state index < -0.39 is 0 Å². The number of dihydropyridines is 1. The Kier molecular flexibility index (Phi) is 9.17. The maximum Gasteiger partial charge on any atom is 0.131 e. The molecule has 0 saturated carbocycles.